The number of ether oxygens (including phenoxy) is 1. The molecule has 4 heteroatoms. The van der Waals surface area contributed by atoms with Gasteiger partial charge in [0.25, 0.3) is 5.91 Å². The number of amides is 1. The number of hydrogen-bond donors (Lipinski definition) is 1. The van der Waals surface area contributed by atoms with Crippen LogP contribution in [0, 0.1) is 0 Å². The maximum Gasteiger partial charge on any atom is 0.258 e. The lowest BCUT2D eigenvalue weighted by atomic mass is 10.2. The Balaban J connectivity index is 2.68. The minimum absolute atomic E-state index is 0.434. The zero-order valence-corrected chi connectivity index (χ0v) is 7.69. The van der Waals surface area contributed by atoms with Crippen LogP contribution < -0.4 is 10.5 Å². The van der Waals surface area contributed by atoms with Gasteiger partial charge in [0.15, 0.2) is 6.10 Å². The van der Waals surface area contributed by atoms with Crippen molar-refractivity contribution in [3.63, 3.8) is 0 Å². The first kappa shape index (κ1) is 10.2. The van der Waals surface area contributed by atoms with Crippen LogP contribution in [0.2, 0.25) is 0 Å². The lowest BCUT2D eigenvalue weighted by Crippen LogP contribution is -2.30. The molecule has 0 saturated carbocycles. The Morgan fingerprint density at radius 3 is 2.43 bits per heavy atom. The number of nitrogens with two attached hydrogens (primary N) is 1. The fourth-order valence-electron chi connectivity index (χ4n) is 0.864. The average Bonchev–Trinajstić information content (AvgIpc) is 2.19. The highest BCUT2D eigenvalue weighted by Crippen LogP contribution is 2.12. The van der Waals surface area contributed by atoms with Crippen molar-refractivity contribution in [2.75, 3.05) is 0 Å². The molecule has 73 valence electrons. The normalized spacial score (nSPS) is 11.8. The Kier molecular flexibility index (Phi) is 3.23. The minimum Gasteiger partial charge on any atom is -0.481 e. The summed E-state index contributed by atoms with van der Waals surface area (Å²) in [6.45, 7) is 1.56. The maximum absolute atomic E-state index is 10.7. The van der Waals surface area contributed by atoms with Gasteiger partial charge in [0.2, 0.25) is 6.29 Å². The molecule has 0 fully saturated rings. The average molecular weight is 192 g/mol. The van der Waals surface area contributed by atoms with Crippen LogP contribution in [0.25, 0.3) is 0 Å². The van der Waals surface area contributed by atoms with Crippen LogP contribution in [0.15, 0.2) is 24.3 Å². The van der Waals surface area contributed by atoms with Crippen LogP contribution in [0.3, 0.4) is 0 Å². The van der Waals surface area contributed by atoms with E-state index in [4.69, 9.17) is 10.5 Å². The first-order valence-electron chi connectivity index (χ1n) is 4.07. The Hall–Kier alpha value is -1.84. The van der Waals surface area contributed by atoms with Gasteiger partial charge in [-0.15, -0.1) is 0 Å². The van der Waals surface area contributed by atoms with Crippen molar-refractivity contribution in [3.05, 3.63) is 29.8 Å². The van der Waals surface area contributed by atoms with Crippen LogP contribution >= 0.6 is 0 Å². The van der Waals surface area contributed by atoms with Gasteiger partial charge in [-0.3, -0.25) is 9.59 Å². The molecule has 0 bridgehead atoms. The molecule has 0 aliphatic carbocycles. The first-order chi connectivity index (χ1) is 6.63. The minimum atomic E-state index is -0.680. The van der Waals surface area contributed by atoms with Crippen molar-refractivity contribution in [1.82, 2.24) is 0 Å². The second kappa shape index (κ2) is 4.41. The Labute approximate surface area is 81.7 Å². The van der Waals surface area contributed by atoms with Gasteiger partial charge in [-0.05, 0) is 31.2 Å². The zero-order valence-electron chi connectivity index (χ0n) is 7.69. The summed E-state index contributed by atoms with van der Waals surface area (Å²) in [7, 11) is 0. The van der Waals surface area contributed by atoms with E-state index in [0.29, 0.717) is 11.3 Å². The molecule has 0 heterocycles. The number of rotatable bonds is 4. The fourth-order valence-corrected chi connectivity index (χ4v) is 0.864. The van der Waals surface area contributed by atoms with Gasteiger partial charge < -0.3 is 10.5 Å². The van der Waals surface area contributed by atoms with Crippen LogP contribution in [-0.4, -0.2) is 18.3 Å². The number of carbonyl (C=O) groups is 1. The Morgan fingerprint density at radius 1 is 1.43 bits per heavy atom. The molecule has 0 aliphatic rings. The van der Waals surface area contributed by atoms with Crippen molar-refractivity contribution in [3.8, 4) is 5.75 Å². The molecule has 1 aromatic carbocycles. The standard InChI is InChI=1S/C10H10NO3/c1-7(10(11)13)14-9-4-2-8(6-12)3-5-9/h2-5,7H,1H3,(H2,11,13). The highest BCUT2D eigenvalue weighted by Gasteiger charge is 2.09. The quantitative estimate of drug-likeness (QED) is 0.750. The molecule has 0 aromatic heterocycles. The molecule has 0 spiro atoms. The van der Waals surface area contributed by atoms with Crippen LogP contribution in [0.4, 0.5) is 0 Å². The first-order valence-corrected chi connectivity index (χ1v) is 4.07. The largest absolute Gasteiger partial charge is 0.481 e. The van der Waals surface area contributed by atoms with E-state index in [1.807, 2.05) is 0 Å². The SMILES string of the molecule is CC(Oc1ccc([C]=O)cc1)C(N)=O. The maximum atomic E-state index is 10.7. The van der Waals surface area contributed by atoms with Crippen molar-refractivity contribution in [1.29, 1.82) is 0 Å². The zero-order chi connectivity index (χ0) is 10.6. The summed E-state index contributed by atoms with van der Waals surface area (Å²) in [4.78, 5) is 20.9. The second-order valence-corrected chi connectivity index (χ2v) is 2.79. The van der Waals surface area contributed by atoms with E-state index in [2.05, 4.69) is 0 Å². The molecule has 1 unspecified atom stereocenters. The van der Waals surface area contributed by atoms with Gasteiger partial charge in [0, 0.05) is 5.56 Å². The molecule has 1 aromatic rings. The molecule has 14 heavy (non-hydrogen) atoms. The van der Waals surface area contributed by atoms with E-state index in [-0.39, 0.29) is 0 Å². The van der Waals surface area contributed by atoms with E-state index in [1.165, 1.54) is 0 Å². The summed E-state index contributed by atoms with van der Waals surface area (Å²) in [5.41, 5.74) is 5.45. The Bertz CT molecular complexity index is 332. The van der Waals surface area contributed by atoms with Gasteiger partial charge in [0.1, 0.15) is 5.75 Å². The molecule has 0 aliphatic heterocycles. The monoisotopic (exact) mass is 192 g/mol. The third-order valence-corrected chi connectivity index (χ3v) is 1.69. The molecule has 1 rings (SSSR count). The smallest absolute Gasteiger partial charge is 0.258 e. The highest BCUT2D eigenvalue weighted by molar-refractivity contribution is 5.79. The van der Waals surface area contributed by atoms with Gasteiger partial charge in [-0.2, -0.15) is 0 Å². The van der Waals surface area contributed by atoms with Crippen molar-refractivity contribution >= 4 is 12.2 Å². The molecule has 1 atom stereocenters. The van der Waals surface area contributed by atoms with E-state index in [1.54, 1.807) is 37.5 Å². The second-order valence-electron chi connectivity index (χ2n) is 2.79. The Morgan fingerprint density at radius 2 is 2.00 bits per heavy atom. The lowest BCUT2D eigenvalue weighted by molar-refractivity contribution is -0.123. The molecular formula is C10H10NO3. The number of hydrogen-bond acceptors (Lipinski definition) is 3. The number of carbonyl (C=O) groups excluding carboxylic acids is 2. The van der Waals surface area contributed by atoms with Crippen molar-refractivity contribution in [2.24, 2.45) is 5.73 Å². The van der Waals surface area contributed by atoms with Gasteiger partial charge in [-0.25, -0.2) is 0 Å². The summed E-state index contributed by atoms with van der Waals surface area (Å²) in [6.07, 6.45) is 1.05. The summed E-state index contributed by atoms with van der Waals surface area (Å²) in [5.74, 6) is -0.0358. The number of primary amides is 1. The predicted octanol–water partition coefficient (Wildman–Crippen LogP) is 0.397. The summed E-state index contributed by atoms with van der Waals surface area (Å²) < 4.78 is 5.17. The van der Waals surface area contributed by atoms with E-state index >= 15 is 0 Å². The fraction of sp³-hybridized carbons (Fsp3) is 0.200. The molecule has 4 nitrogen and oxygen atoms in total. The van der Waals surface area contributed by atoms with Crippen LogP contribution in [0.1, 0.15) is 12.5 Å². The molecule has 2 N–H and O–H groups in total. The molecule has 1 amide bonds. The summed E-state index contributed by atoms with van der Waals surface area (Å²) >= 11 is 0. The van der Waals surface area contributed by atoms with E-state index in [9.17, 15) is 9.59 Å². The summed E-state index contributed by atoms with van der Waals surface area (Å²) in [5, 5.41) is 0. The van der Waals surface area contributed by atoms with E-state index < -0.39 is 12.0 Å². The van der Waals surface area contributed by atoms with Crippen molar-refractivity contribution in [2.45, 2.75) is 13.0 Å². The van der Waals surface area contributed by atoms with Gasteiger partial charge in [0.05, 0.1) is 0 Å². The van der Waals surface area contributed by atoms with Crippen LogP contribution in [-0.2, 0) is 9.59 Å². The van der Waals surface area contributed by atoms with Gasteiger partial charge >= 0.3 is 0 Å². The predicted molar refractivity (Wildman–Crippen MR) is 50.5 cm³/mol. The number of benzene rings is 1. The van der Waals surface area contributed by atoms with Gasteiger partial charge in [-0.1, -0.05) is 0 Å². The summed E-state index contributed by atoms with van der Waals surface area (Å²) in [6, 6.07) is 6.27. The third-order valence-electron chi connectivity index (χ3n) is 1.69. The lowest BCUT2D eigenvalue weighted by Gasteiger charge is -2.10. The highest BCUT2D eigenvalue weighted by atomic mass is 16.5. The molecular weight excluding hydrogens is 182 g/mol. The molecule has 1 radical (unpaired) electrons. The third kappa shape index (κ3) is 2.58. The molecule has 0 saturated heterocycles. The van der Waals surface area contributed by atoms with E-state index in [0.717, 1.165) is 0 Å². The topological polar surface area (TPSA) is 69.4 Å². The van der Waals surface area contributed by atoms with Crippen molar-refractivity contribution < 1.29 is 14.3 Å². The van der Waals surface area contributed by atoms with Crippen LogP contribution in [0.5, 0.6) is 5.75 Å².